The van der Waals surface area contributed by atoms with Crippen molar-refractivity contribution in [2.45, 2.75) is 13.1 Å². The monoisotopic (exact) mass is 421 g/mol. The topological polar surface area (TPSA) is 64.1 Å². The number of aliphatic imine (C=N–C) groups is 1. The first-order chi connectivity index (χ1) is 12.6. The van der Waals surface area contributed by atoms with Crippen molar-refractivity contribution in [3.63, 3.8) is 0 Å². The minimum atomic E-state index is 0.564. The first kappa shape index (κ1) is 19.9. The average molecular weight is 422 g/mol. The lowest BCUT2D eigenvalue weighted by molar-refractivity contribution is 0.323. The highest BCUT2D eigenvalue weighted by molar-refractivity contribution is 9.10. The van der Waals surface area contributed by atoms with Crippen LogP contribution in [0.4, 0.5) is 0 Å². The number of methoxy groups -OCH3 is 3. The van der Waals surface area contributed by atoms with Gasteiger partial charge in [-0.05, 0) is 35.4 Å². The van der Waals surface area contributed by atoms with Gasteiger partial charge in [-0.1, -0.05) is 28.1 Å². The minimum absolute atomic E-state index is 0.564. The van der Waals surface area contributed by atoms with Crippen molar-refractivity contribution in [1.82, 2.24) is 10.6 Å². The number of hydrogen-bond acceptors (Lipinski definition) is 4. The average Bonchev–Trinajstić information content (AvgIpc) is 2.67. The molecule has 0 saturated carbocycles. The summed E-state index contributed by atoms with van der Waals surface area (Å²) in [5.41, 5.74) is 2.15. The van der Waals surface area contributed by atoms with E-state index in [1.165, 1.54) is 0 Å². The summed E-state index contributed by atoms with van der Waals surface area (Å²) in [6.07, 6.45) is 0. The van der Waals surface area contributed by atoms with E-state index in [0.717, 1.165) is 15.6 Å². The van der Waals surface area contributed by atoms with Crippen molar-refractivity contribution < 1.29 is 14.2 Å². The first-order valence-electron chi connectivity index (χ1n) is 8.09. The lowest BCUT2D eigenvalue weighted by Crippen LogP contribution is -2.36. The van der Waals surface area contributed by atoms with E-state index in [4.69, 9.17) is 14.2 Å². The Morgan fingerprint density at radius 3 is 2.04 bits per heavy atom. The summed E-state index contributed by atoms with van der Waals surface area (Å²) in [6.45, 7) is 1.24. The normalized spacial score (nSPS) is 11.0. The summed E-state index contributed by atoms with van der Waals surface area (Å²) in [5.74, 6) is 2.54. The van der Waals surface area contributed by atoms with Gasteiger partial charge in [-0.3, -0.25) is 4.99 Å². The van der Waals surface area contributed by atoms with Crippen molar-refractivity contribution in [2.24, 2.45) is 4.99 Å². The maximum Gasteiger partial charge on any atom is 0.203 e. The summed E-state index contributed by atoms with van der Waals surface area (Å²) in [7, 11) is 6.54. The van der Waals surface area contributed by atoms with Gasteiger partial charge in [0.05, 0.1) is 21.3 Å². The zero-order valence-corrected chi connectivity index (χ0v) is 17.0. The molecule has 0 amide bonds. The second kappa shape index (κ2) is 9.91. The van der Waals surface area contributed by atoms with Gasteiger partial charge >= 0.3 is 0 Å². The van der Waals surface area contributed by atoms with Gasteiger partial charge in [0.1, 0.15) is 0 Å². The van der Waals surface area contributed by atoms with Crippen LogP contribution in [0, 0.1) is 0 Å². The van der Waals surface area contributed by atoms with Crippen molar-refractivity contribution in [1.29, 1.82) is 0 Å². The Hall–Kier alpha value is -2.41. The molecule has 7 heteroatoms. The van der Waals surface area contributed by atoms with Gasteiger partial charge in [0, 0.05) is 24.6 Å². The summed E-state index contributed by atoms with van der Waals surface area (Å²) >= 11 is 3.48. The highest BCUT2D eigenvalue weighted by Gasteiger charge is 2.13. The Balaban J connectivity index is 2.01. The zero-order chi connectivity index (χ0) is 18.9. The molecule has 2 rings (SSSR count). The van der Waals surface area contributed by atoms with Gasteiger partial charge in [-0.15, -0.1) is 0 Å². The Kier molecular flexibility index (Phi) is 7.59. The summed E-state index contributed by atoms with van der Waals surface area (Å²) in [5, 5.41) is 6.58. The van der Waals surface area contributed by atoms with Gasteiger partial charge in [-0.2, -0.15) is 0 Å². The van der Waals surface area contributed by atoms with E-state index in [9.17, 15) is 0 Å². The van der Waals surface area contributed by atoms with Gasteiger partial charge in [0.15, 0.2) is 17.5 Å². The third kappa shape index (κ3) is 5.29. The molecule has 0 heterocycles. The number of nitrogens with zero attached hydrogens (tertiary/aromatic N) is 1. The summed E-state index contributed by atoms with van der Waals surface area (Å²) in [6, 6.07) is 12.0. The van der Waals surface area contributed by atoms with E-state index >= 15 is 0 Å². The lowest BCUT2D eigenvalue weighted by atomic mass is 10.2. The molecule has 0 saturated heterocycles. The predicted octanol–water partition coefficient (Wildman–Crippen LogP) is 3.34. The van der Waals surface area contributed by atoms with E-state index in [0.29, 0.717) is 36.3 Å². The number of benzene rings is 2. The van der Waals surface area contributed by atoms with Crippen LogP contribution >= 0.6 is 15.9 Å². The molecule has 6 nitrogen and oxygen atoms in total. The molecule has 0 unspecified atom stereocenters. The molecule has 0 fully saturated rings. The van der Waals surface area contributed by atoms with E-state index < -0.39 is 0 Å². The third-order valence-corrected chi connectivity index (χ3v) is 4.25. The fourth-order valence-electron chi connectivity index (χ4n) is 2.48. The third-order valence-electron chi connectivity index (χ3n) is 3.76. The number of nitrogens with one attached hydrogen (secondary N) is 2. The Bertz CT molecular complexity index is 740. The SMILES string of the molecule is CN=C(NCc1cccc(Br)c1)NCc1cc(OC)c(OC)c(OC)c1. The zero-order valence-electron chi connectivity index (χ0n) is 15.4. The number of rotatable bonds is 7. The Morgan fingerprint density at radius 1 is 0.923 bits per heavy atom. The first-order valence-corrected chi connectivity index (χ1v) is 8.88. The molecule has 0 radical (unpaired) electrons. The standard InChI is InChI=1S/C19H24BrN3O3/c1-21-19(22-11-13-6-5-7-15(20)8-13)23-12-14-9-16(24-2)18(26-4)17(10-14)25-3/h5-10H,11-12H2,1-4H3,(H2,21,22,23). The van der Waals surface area contributed by atoms with Crippen LogP contribution in [-0.4, -0.2) is 34.3 Å². The molecule has 0 atom stereocenters. The predicted molar refractivity (Wildman–Crippen MR) is 107 cm³/mol. The quantitative estimate of drug-likeness (QED) is 0.530. The van der Waals surface area contributed by atoms with Crippen LogP contribution < -0.4 is 24.8 Å². The molecule has 2 aromatic carbocycles. The molecule has 0 aliphatic carbocycles. The minimum Gasteiger partial charge on any atom is -0.493 e. The number of ether oxygens (including phenoxy) is 3. The number of halogens is 1. The molecule has 140 valence electrons. The summed E-state index contributed by atoms with van der Waals surface area (Å²) in [4.78, 5) is 4.26. The van der Waals surface area contributed by atoms with Crippen LogP contribution in [0.3, 0.4) is 0 Å². The maximum atomic E-state index is 5.39. The smallest absolute Gasteiger partial charge is 0.203 e. The van der Waals surface area contributed by atoms with Gasteiger partial charge in [0.25, 0.3) is 0 Å². The molecule has 2 aromatic rings. The molecular formula is C19H24BrN3O3. The Labute approximate surface area is 162 Å². The molecule has 0 bridgehead atoms. The molecule has 0 aromatic heterocycles. The molecule has 2 N–H and O–H groups in total. The lowest BCUT2D eigenvalue weighted by Gasteiger charge is -2.16. The second-order valence-electron chi connectivity index (χ2n) is 5.44. The molecule has 26 heavy (non-hydrogen) atoms. The van der Waals surface area contributed by atoms with Crippen molar-refractivity contribution in [2.75, 3.05) is 28.4 Å². The highest BCUT2D eigenvalue weighted by atomic mass is 79.9. The van der Waals surface area contributed by atoms with Crippen molar-refractivity contribution >= 4 is 21.9 Å². The van der Waals surface area contributed by atoms with Gasteiger partial charge < -0.3 is 24.8 Å². The van der Waals surface area contributed by atoms with Crippen molar-refractivity contribution in [3.8, 4) is 17.2 Å². The Morgan fingerprint density at radius 2 is 1.54 bits per heavy atom. The molecule has 0 aliphatic rings. The number of hydrogen-bond donors (Lipinski definition) is 2. The van der Waals surface area contributed by atoms with E-state index in [1.807, 2.05) is 24.3 Å². The van der Waals surface area contributed by atoms with Crippen LogP contribution in [0.5, 0.6) is 17.2 Å². The van der Waals surface area contributed by atoms with Crippen LogP contribution in [-0.2, 0) is 13.1 Å². The van der Waals surface area contributed by atoms with E-state index in [-0.39, 0.29) is 0 Å². The highest BCUT2D eigenvalue weighted by Crippen LogP contribution is 2.38. The van der Waals surface area contributed by atoms with Crippen LogP contribution in [0.2, 0.25) is 0 Å². The largest absolute Gasteiger partial charge is 0.493 e. The van der Waals surface area contributed by atoms with Crippen LogP contribution in [0.15, 0.2) is 45.9 Å². The molecule has 0 spiro atoms. The second-order valence-corrected chi connectivity index (χ2v) is 6.36. The molecule has 0 aliphatic heterocycles. The van der Waals surface area contributed by atoms with Crippen LogP contribution in [0.25, 0.3) is 0 Å². The fraction of sp³-hybridized carbons (Fsp3) is 0.316. The van der Waals surface area contributed by atoms with Gasteiger partial charge in [-0.25, -0.2) is 0 Å². The number of guanidine groups is 1. The summed E-state index contributed by atoms with van der Waals surface area (Å²) < 4.78 is 17.2. The maximum absolute atomic E-state index is 5.39. The fourth-order valence-corrected chi connectivity index (χ4v) is 2.92. The van der Waals surface area contributed by atoms with Crippen LogP contribution in [0.1, 0.15) is 11.1 Å². The van der Waals surface area contributed by atoms with Crippen molar-refractivity contribution in [3.05, 3.63) is 52.0 Å². The van der Waals surface area contributed by atoms with Gasteiger partial charge in [0.2, 0.25) is 5.75 Å². The van der Waals surface area contributed by atoms with E-state index in [2.05, 4.69) is 43.7 Å². The van der Waals surface area contributed by atoms with E-state index in [1.54, 1.807) is 28.4 Å². The molecular weight excluding hydrogens is 398 g/mol.